The van der Waals surface area contributed by atoms with Gasteiger partial charge < -0.3 is 19.7 Å². The summed E-state index contributed by atoms with van der Waals surface area (Å²) in [5.41, 5.74) is -1.19. The number of benzene rings is 4. The number of piperidine rings is 1. The molecule has 53 heavy (non-hydrogen) atoms. The molecule has 1 saturated carbocycles. The lowest BCUT2D eigenvalue weighted by molar-refractivity contribution is -0.149. The lowest BCUT2D eigenvalue weighted by Gasteiger charge is -2.42. The number of alkyl carbamates (subject to hydrolysis) is 1. The zero-order valence-corrected chi connectivity index (χ0v) is 32.3. The predicted molar refractivity (Wildman–Crippen MR) is 203 cm³/mol. The average molecular weight is 813 g/mol. The molecule has 2 aliphatic heterocycles. The topological polar surface area (TPSA) is 114 Å². The van der Waals surface area contributed by atoms with Gasteiger partial charge in [0.05, 0.1) is 11.0 Å². The highest BCUT2D eigenvalue weighted by Gasteiger charge is 2.54. The molecule has 3 unspecified atom stereocenters. The second-order valence-corrected chi connectivity index (χ2v) is 18.2. The maximum Gasteiger partial charge on any atom is 0.407 e. The van der Waals surface area contributed by atoms with Gasteiger partial charge in [0.15, 0.2) is 6.04 Å². The van der Waals surface area contributed by atoms with Gasteiger partial charge in [0, 0.05) is 28.2 Å². The minimum atomic E-state index is -4.65. The fourth-order valence-electron chi connectivity index (χ4n) is 8.01. The van der Waals surface area contributed by atoms with Gasteiger partial charge >= 0.3 is 6.09 Å². The summed E-state index contributed by atoms with van der Waals surface area (Å²) in [4.78, 5) is 28.2. The Bertz CT molecular complexity index is 2140. The van der Waals surface area contributed by atoms with Crippen molar-refractivity contribution in [2.24, 2.45) is 0 Å². The van der Waals surface area contributed by atoms with Crippen molar-refractivity contribution >= 4 is 59.5 Å². The molecule has 4 aromatic carbocycles. The molecule has 3 atom stereocenters. The second-order valence-electron chi connectivity index (χ2n) is 15.5. The number of carbonyl (C=O) groups is 2. The Morgan fingerprint density at radius 1 is 0.830 bits per heavy atom. The number of sulfonamides is 1. The van der Waals surface area contributed by atoms with Gasteiger partial charge in [-0.25, -0.2) is 13.2 Å². The summed E-state index contributed by atoms with van der Waals surface area (Å²) in [7, 11) is -4.65. The molecule has 2 bridgehead atoms. The molecule has 2 amide bonds. The number of hydrogen-bond donors (Lipinski definition) is 2. The highest BCUT2D eigenvalue weighted by Crippen LogP contribution is 2.41. The van der Waals surface area contributed by atoms with Crippen LogP contribution in [0.25, 0.3) is 21.5 Å². The van der Waals surface area contributed by atoms with E-state index < -0.39 is 57.2 Å². The Morgan fingerprint density at radius 3 is 2.13 bits per heavy atom. The van der Waals surface area contributed by atoms with Gasteiger partial charge in [-0.1, -0.05) is 46.3 Å². The number of halogens is 3. The van der Waals surface area contributed by atoms with E-state index in [2.05, 4.69) is 26.0 Å². The molecule has 3 aliphatic rings. The molecule has 4 aromatic rings. The van der Waals surface area contributed by atoms with Crippen molar-refractivity contribution in [3.63, 3.8) is 0 Å². The van der Waals surface area contributed by atoms with E-state index in [1.54, 1.807) is 57.2 Å². The number of ether oxygens (including phenoxy) is 2. The summed E-state index contributed by atoms with van der Waals surface area (Å²) < 4.78 is 76.5. The summed E-state index contributed by atoms with van der Waals surface area (Å²) in [6.07, 6.45) is 5.52. The highest BCUT2D eigenvalue weighted by molar-refractivity contribution is 9.10. The first kappa shape index (κ1) is 37.5. The zero-order valence-electron chi connectivity index (χ0n) is 29.9. The SMILES string of the molecule is CC(C)(C)OC(=O)NC1CC2CCC(C1)N2C(=O)C(NS(=O)(=O)c1ccc2cc(OC3CCCC3)ccc2c1)C(F)(F)c1ccc2cc(Br)ccc2c1. The third kappa shape index (κ3) is 8.17. The summed E-state index contributed by atoms with van der Waals surface area (Å²) in [5, 5.41) is 5.40. The van der Waals surface area contributed by atoms with E-state index in [-0.39, 0.29) is 17.0 Å². The van der Waals surface area contributed by atoms with Gasteiger partial charge in [0.1, 0.15) is 11.4 Å². The highest BCUT2D eigenvalue weighted by atomic mass is 79.9. The van der Waals surface area contributed by atoms with E-state index in [1.807, 2.05) is 6.07 Å². The number of alkyl halides is 2. The molecule has 0 radical (unpaired) electrons. The molecule has 7 rings (SSSR count). The number of nitrogens with one attached hydrogen (secondary N) is 2. The van der Waals surface area contributed by atoms with E-state index >= 15 is 8.78 Å². The van der Waals surface area contributed by atoms with E-state index in [1.165, 1.54) is 35.2 Å². The number of fused-ring (bicyclic) bond motifs is 4. The van der Waals surface area contributed by atoms with Crippen molar-refractivity contribution in [1.29, 1.82) is 0 Å². The number of carbonyl (C=O) groups excluding carboxylic acids is 2. The first-order chi connectivity index (χ1) is 25.1. The smallest absolute Gasteiger partial charge is 0.407 e. The predicted octanol–water partition coefficient (Wildman–Crippen LogP) is 8.56. The molecule has 0 aromatic heterocycles. The minimum absolute atomic E-state index is 0.152. The van der Waals surface area contributed by atoms with Crippen molar-refractivity contribution in [2.45, 2.75) is 119 Å². The van der Waals surface area contributed by atoms with Crippen LogP contribution >= 0.6 is 15.9 Å². The maximum atomic E-state index is 17.0. The van der Waals surface area contributed by atoms with Gasteiger partial charge in [-0.15, -0.1) is 0 Å². The van der Waals surface area contributed by atoms with Crippen LogP contribution < -0.4 is 14.8 Å². The molecular formula is C40H44BrF2N3O6S. The molecule has 2 saturated heterocycles. The number of hydrogen-bond acceptors (Lipinski definition) is 6. The fourth-order valence-corrected chi connectivity index (χ4v) is 9.62. The van der Waals surface area contributed by atoms with Gasteiger partial charge in [0.2, 0.25) is 15.9 Å². The fraction of sp³-hybridized carbons (Fsp3) is 0.450. The lowest BCUT2D eigenvalue weighted by Crippen LogP contribution is -2.61. The number of rotatable bonds is 9. The van der Waals surface area contributed by atoms with Crippen LogP contribution in [0, 0.1) is 0 Å². The summed E-state index contributed by atoms with van der Waals surface area (Å²) in [5.74, 6) is -4.27. The average Bonchev–Trinajstić information content (AvgIpc) is 3.70. The van der Waals surface area contributed by atoms with Crippen LogP contribution in [-0.2, 0) is 25.5 Å². The van der Waals surface area contributed by atoms with Crippen LogP contribution in [0.5, 0.6) is 5.75 Å². The van der Waals surface area contributed by atoms with E-state index in [4.69, 9.17) is 9.47 Å². The zero-order chi connectivity index (χ0) is 37.7. The summed E-state index contributed by atoms with van der Waals surface area (Å²) in [6.45, 7) is 5.27. The van der Waals surface area contributed by atoms with Crippen LogP contribution in [-0.4, -0.2) is 61.2 Å². The number of nitrogens with zero attached hydrogens (tertiary/aromatic N) is 1. The molecule has 9 nitrogen and oxygen atoms in total. The Hall–Kier alpha value is -3.81. The Morgan fingerprint density at radius 2 is 1.43 bits per heavy atom. The van der Waals surface area contributed by atoms with Crippen LogP contribution in [0.15, 0.2) is 82.2 Å². The molecule has 1 aliphatic carbocycles. The Balaban J connectivity index is 1.18. The maximum absolute atomic E-state index is 17.0. The molecule has 2 N–H and O–H groups in total. The van der Waals surface area contributed by atoms with Crippen LogP contribution in [0.1, 0.15) is 77.7 Å². The van der Waals surface area contributed by atoms with Crippen molar-refractivity contribution in [3.05, 3.63) is 82.8 Å². The molecule has 2 heterocycles. The molecule has 282 valence electrons. The van der Waals surface area contributed by atoms with Gasteiger partial charge in [-0.3, -0.25) is 4.79 Å². The second kappa shape index (κ2) is 14.4. The van der Waals surface area contributed by atoms with Crippen LogP contribution in [0.2, 0.25) is 0 Å². The third-order valence-corrected chi connectivity index (χ3v) is 12.4. The monoisotopic (exact) mass is 811 g/mol. The summed E-state index contributed by atoms with van der Waals surface area (Å²) in [6, 6.07) is 15.3. The third-order valence-electron chi connectivity index (χ3n) is 10.5. The van der Waals surface area contributed by atoms with Gasteiger partial charge in [-0.05, 0) is 136 Å². The van der Waals surface area contributed by atoms with Crippen LogP contribution in [0.3, 0.4) is 0 Å². The number of amides is 2. The van der Waals surface area contributed by atoms with Crippen molar-refractivity contribution in [1.82, 2.24) is 14.9 Å². The van der Waals surface area contributed by atoms with Crippen LogP contribution in [0.4, 0.5) is 13.6 Å². The quantitative estimate of drug-likeness (QED) is 0.175. The van der Waals surface area contributed by atoms with Crippen molar-refractivity contribution in [2.75, 3.05) is 0 Å². The lowest BCUT2D eigenvalue weighted by atomic mass is 9.93. The first-order valence-corrected chi connectivity index (χ1v) is 20.5. The Kier molecular flexibility index (Phi) is 10.2. The standard InChI is InChI=1S/C40H44BrF2N3O6S/c1-39(2,3)52-38(48)44-30-22-31-14-15-32(23-30)46(31)37(47)36(40(42,43)28-12-8-25-19-29(41)13-9-24(25)18-28)45-53(49,50)35-17-11-26-20-34(16-10-27(26)21-35)51-33-6-4-5-7-33/h8-13,16-21,30-33,36,45H,4-7,14-15,22-23H2,1-3H3,(H,44,48). The van der Waals surface area contributed by atoms with Crippen molar-refractivity contribution in [3.8, 4) is 5.75 Å². The van der Waals surface area contributed by atoms with E-state index in [9.17, 15) is 18.0 Å². The molecule has 13 heteroatoms. The van der Waals surface area contributed by atoms with E-state index in [0.717, 1.165) is 35.5 Å². The Labute approximate surface area is 317 Å². The van der Waals surface area contributed by atoms with Gasteiger partial charge in [0.25, 0.3) is 5.92 Å². The van der Waals surface area contributed by atoms with Crippen molar-refractivity contribution < 1.29 is 36.3 Å². The molecular weight excluding hydrogens is 768 g/mol. The normalized spacial score (nSPS) is 21.5. The van der Waals surface area contributed by atoms with Gasteiger partial charge in [-0.2, -0.15) is 13.5 Å². The molecule has 3 fully saturated rings. The van der Waals surface area contributed by atoms with E-state index in [0.29, 0.717) is 47.6 Å². The largest absolute Gasteiger partial charge is 0.490 e. The first-order valence-electron chi connectivity index (χ1n) is 18.2. The minimum Gasteiger partial charge on any atom is -0.490 e. The summed E-state index contributed by atoms with van der Waals surface area (Å²) >= 11 is 3.40. The molecule has 0 spiro atoms.